The first-order chi connectivity index (χ1) is 9.11. The van der Waals surface area contributed by atoms with Crippen molar-refractivity contribution in [2.24, 2.45) is 5.92 Å². The van der Waals surface area contributed by atoms with E-state index < -0.39 is 6.10 Å². The predicted octanol–water partition coefficient (Wildman–Crippen LogP) is 2.95. The number of nitrogens with one attached hydrogen (secondary N) is 1. The average molecular weight is 300 g/mol. The lowest BCUT2D eigenvalue weighted by Gasteiger charge is -2.13. The Labute approximate surface area is 122 Å². The smallest absolute Gasteiger partial charge is 0.252 e. The number of halogens is 1. The molecule has 0 radical (unpaired) electrons. The first-order valence-electron chi connectivity index (χ1n) is 6.50. The van der Waals surface area contributed by atoms with Crippen molar-refractivity contribution in [2.45, 2.75) is 30.8 Å². The fourth-order valence-corrected chi connectivity index (χ4v) is 2.97. The number of carbonyl (C=O) groups excluding carboxylic acids is 1. The van der Waals surface area contributed by atoms with Crippen LogP contribution in [0.1, 0.15) is 30.1 Å². The van der Waals surface area contributed by atoms with Gasteiger partial charge in [0.05, 0.1) is 11.7 Å². The van der Waals surface area contributed by atoms with Gasteiger partial charge in [0.25, 0.3) is 5.91 Å². The highest BCUT2D eigenvalue weighted by atomic mass is 35.5. The molecular weight excluding hydrogens is 282 g/mol. The van der Waals surface area contributed by atoms with Gasteiger partial charge in [-0.1, -0.05) is 18.5 Å². The van der Waals surface area contributed by atoms with Crippen LogP contribution in [0.4, 0.5) is 0 Å². The Morgan fingerprint density at radius 2 is 2.32 bits per heavy atom. The summed E-state index contributed by atoms with van der Waals surface area (Å²) in [6.45, 7) is 2.35. The number of hydrogen-bond donors (Lipinski definition) is 2. The highest BCUT2D eigenvalue weighted by Gasteiger charge is 2.29. The minimum absolute atomic E-state index is 0.146. The van der Waals surface area contributed by atoms with E-state index in [0.29, 0.717) is 23.0 Å². The molecule has 1 saturated carbocycles. The summed E-state index contributed by atoms with van der Waals surface area (Å²) in [7, 11) is 0. The van der Waals surface area contributed by atoms with Crippen LogP contribution in [0.5, 0.6) is 0 Å². The van der Waals surface area contributed by atoms with Crippen molar-refractivity contribution in [1.82, 2.24) is 5.32 Å². The van der Waals surface area contributed by atoms with Crippen LogP contribution in [0.3, 0.4) is 0 Å². The molecule has 2 N–H and O–H groups in total. The van der Waals surface area contributed by atoms with Gasteiger partial charge < -0.3 is 10.4 Å². The lowest BCUT2D eigenvalue weighted by Crippen LogP contribution is -2.33. The third-order valence-corrected chi connectivity index (χ3v) is 4.30. The zero-order valence-electron chi connectivity index (χ0n) is 10.9. The number of carbonyl (C=O) groups is 1. The van der Waals surface area contributed by atoms with Gasteiger partial charge in [-0.2, -0.15) is 0 Å². The number of aliphatic hydroxyl groups is 1. The monoisotopic (exact) mass is 299 g/mol. The number of rotatable bonds is 6. The van der Waals surface area contributed by atoms with Gasteiger partial charge in [0.1, 0.15) is 0 Å². The highest BCUT2D eigenvalue weighted by Crippen LogP contribution is 2.32. The third-order valence-electron chi connectivity index (χ3n) is 3.13. The summed E-state index contributed by atoms with van der Waals surface area (Å²) in [4.78, 5) is 13.0. The fourth-order valence-electron chi connectivity index (χ4n) is 1.90. The summed E-state index contributed by atoms with van der Waals surface area (Å²) in [5, 5.41) is 13.2. The molecule has 1 fully saturated rings. The van der Waals surface area contributed by atoms with Crippen molar-refractivity contribution in [2.75, 3.05) is 12.3 Å². The van der Waals surface area contributed by atoms with E-state index in [1.54, 1.807) is 23.9 Å². The molecule has 1 aromatic rings. The van der Waals surface area contributed by atoms with Crippen LogP contribution >= 0.6 is 23.4 Å². The van der Waals surface area contributed by atoms with Crippen molar-refractivity contribution in [3.8, 4) is 0 Å². The maximum atomic E-state index is 12.1. The summed E-state index contributed by atoms with van der Waals surface area (Å²) < 4.78 is 0. The first-order valence-corrected chi connectivity index (χ1v) is 7.86. The molecule has 104 valence electrons. The molecular formula is C14H18ClNO2S. The van der Waals surface area contributed by atoms with Crippen molar-refractivity contribution >= 4 is 29.3 Å². The van der Waals surface area contributed by atoms with E-state index in [-0.39, 0.29) is 5.91 Å². The van der Waals surface area contributed by atoms with Gasteiger partial charge in [0.15, 0.2) is 0 Å². The molecule has 0 aromatic heterocycles. The van der Waals surface area contributed by atoms with Gasteiger partial charge in [-0.15, -0.1) is 11.8 Å². The lowest BCUT2D eigenvalue weighted by atomic mass is 10.2. The Hall–Kier alpha value is -0.710. The number of amides is 1. The van der Waals surface area contributed by atoms with Crippen molar-refractivity contribution < 1.29 is 9.90 Å². The maximum Gasteiger partial charge on any atom is 0.252 e. The van der Waals surface area contributed by atoms with Crippen LogP contribution in [0.25, 0.3) is 0 Å². The maximum absolute atomic E-state index is 12.1. The van der Waals surface area contributed by atoms with Crippen molar-refractivity contribution in [1.29, 1.82) is 0 Å². The Morgan fingerprint density at radius 1 is 1.58 bits per heavy atom. The van der Waals surface area contributed by atoms with Gasteiger partial charge in [-0.05, 0) is 42.7 Å². The molecule has 1 atom stereocenters. The van der Waals surface area contributed by atoms with E-state index in [9.17, 15) is 9.90 Å². The zero-order chi connectivity index (χ0) is 13.8. The molecule has 1 aliphatic rings. The second-order valence-electron chi connectivity index (χ2n) is 4.69. The number of benzene rings is 1. The molecule has 0 saturated heterocycles. The SMILES string of the molecule is CCSc1cc(Cl)ccc1C(=O)NCC(O)C1CC1. The normalized spacial score (nSPS) is 16.2. The molecule has 2 rings (SSSR count). The van der Waals surface area contributed by atoms with E-state index in [0.717, 1.165) is 23.5 Å². The Kier molecular flexibility index (Phi) is 5.13. The molecule has 0 heterocycles. The second-order valence-corrected chi connectivity index (χ2v) is 6.43. The number of aliphatic hydroxyl groups excluding tert-OH is 1. The molecule has 3 nitrogen and oxygen atoms in total. The van der Waals surface area contributed by atoms with Gasteiger partial charge in [0, 0.05) is 16.5 Å². The third kappa shape index (κ3) is 4.13. The summed E-state index contributed by atoms with van der Waals surface area (Å²) >= 11 is 7.54. The molecule has 1 amide bonds. The molecule has 0 bridgehead atoms. The van der Waals surface area contributed by atoms with E-state index >= 15 is 0 Å². The van der Waals surface area contributed by atoms with E-state index in [2.05, 4.69) is 5.32 Å². The molecule has 1 aliphatic carbocycles. The topological polar surface area (TPSA) is 49.3 Å². The largest absolute Gasteiger partial charge is 0.391 e. The quantitative estimate of drug-likeness (QED) is 0.794. The minimum atomic E-state index is -0.418. The highest BCUT2D eigenvalue weighted by molar-refractivity contribution is 7.99. The van der Waals surface area contributed by atoms with E-state index in [1.807, 2.05) is 13.0 Å². The number of hydrogen-bond acceptors (Lipinski definition) is 3. The van der Waals surface area contributed by atoms with Crippen molar-refractivity contribution in [3.05, 3.63) is 28.8 Å². The zero-order valence-corrected chi connectivity index (χ0v) is 12.4. The Bertz CT molecular complexity index is 463. The minimum Gasteiger partial charge on any atom is -0.391 e. The van der Waals surface area contributed by atoms with Crippen LogP contribution in [0.2, 0.25) is 5.02 Å². The Morgan fingerprint density at radius 3 is 2.95 bits per heavy atom. The molecule has 0 aliphatic heterocycles. The van der Waals surface area contributed by atoms with Gasteiger partial charge in [-0.25, -0.2) is 0 Å². The van der Waals surface area contributed by atoms with Crippen LogP contribution in [0.15, 0.2) is 23.1 Å². The van der Waals surface area contributed by atoms with Crippen LogP contribution in [-0.4, -0.2) is 29.4 Å². The molecule has 0 spiro atoms. The number of thioether (sulfide) groups is 1. The molecule has 1 aromatic carbocycles. The summed E-state index contributed by atoms with van der Waals surface area (Å²) in [6.07, 6.45) is 1.71. The second kappa shape index (κ2) is 6.64. The van der Waals surface area contributed by atoms with Crippen LogP contribution in [0, 0.1) is 5.92 Å². The van der Waals surface area contributed by atoms with Crippen molar-refractivity contribution in [3.63, 3.8) is 0 Å². The standard InChI is InChI=1S/C14H18ClNO2S/c1-2-19-13-7-10(15)5-6-11(13)14(18)16-8-12(17)9-3-4-9/h5-7,9,12,17H,2-4,8H2,1H3,(H,16,18). The van der Waals surface area contributed by atoms with E-state index in [1.165, 1.54) is 0 Å². The molecule has 1 unspecified atom stereocenters. The van der Waals surface area contributed by atoms with Gasteiger partial charge in [-0.3, -0.25) is 4.79 Å². The average Bonchev–Trinajstić information content (AvgIpc) is 3.20. The van der Waals surface area contributed by atoms with Gasteiger partial charge >= 0.3 is 0 Å². The Balaban J connectivity index is 2.00. The summed E-state index contributed by atoms with van der Waals surface area (Å²) in [6, 6.07) is 5.26. The lowest BCUT2D eigenvalue weighted by molar-refractivity contribution is 0.0898. The van der Waals surface area contributed by atoms with Crippen LogP contribution in [-0.2, 0) is 0 Å². The summed E-state index contributed by atoms with van der Waals surface area (Å²) in [5.41, 5.74) is 0.624. The fraction of sp³-hybridized carbons (Fsp3) is 0.500. The molecule has 19 heavy (non-hydrogen) atoms. The van der Waals surface area contributed by atoms with E-state index in [4.69, 9.17) is 11.6 Å². The first kappa shape index (κ1) is 14.7. The molecule has 5 heteroatoms. The predicted molar refractivity (Wildman–Crippen MR) is 78.9 cm³/mol. The van der Waals surface area contributed by atoms with Gasteiger partial charge in [0.2, 0.25) is 0 Å². The van der Waals surface area contributed by atoms with Crippen LogP contribution < -0.4 is 5.32 Å². The summed E-state index contributed by atoms with van der Waals surface area (Å²) in [5.74, 6) is 1.10.